The summed E-state index contributed by atoms with van der Waals surface area (Å²) in [6, 6.07) is -0.0995. The number of carbonyl (C=O) groups excluding carboxylic acids is 1. The first-order valence-electron chi connectivity index (χ1n) is 8.21. The van der Waals surface area contributed by atoms with Gasteiger partial charge in [-0.25, -0.2) is 4.79 Å². The number of rotatable bonds is 4. The molecule has 0 bridgehead atoms. The van der Waals surface area contributed by atoms with E-state index in [1.165, 1.54) is 32.1 Å². The first kappa shape index (κ1) is 16.1. The van der Waals surface area contributed by atoms with E-state index in [1.807, 2.05) is 0 Å². The second-order valence-corrected chi connectivity index (χ2v) is 7.02. The summed E-state index contributed by atoms with van der Waals surface area (Å²) in [6.07, 6.45) is 6.75. The van der Waals surface area contributed by atoms with Gasteiger partial charge in [0.25, 0.3) is 0 Å². The fourth-order valence-electron chi connectivity index (χ4n) is 3.50. The summed E-state index contributed by atoms with van der Waals surface area (Å²) in [5.74, 6) is 0.646. The molecule has 2 N–H and O–H groups in total. The quantitative estimate of drug-likeness (QED) is 0.838. The van der Waals surface area contributed by atoms with Gasteiger partial charge in [0.15, 0.2) is 0 Å². The summed E-state index contributed by atoms with van der Waals surface area (Å²) >= 11 is 0. The highest BCUT2D eigenvalue weighted by molar-refractivity contribution is 5.79. The molecule has 2 amide bonds. The van der Waals surface area contributed by atoms with Gasteiger partial charge in [-0.3, -0.25) is 4.79 Å². The molecule has 1 saturated heterocycles. The van der Waals surface area contributed by atoms with Crippen LogP contribution in [0.25, 0.3) is 0 Å². The molecule has 2 fully saturated rings. The zero-order valence-electron chi connectivity index (χ0n) is 13.2. The Morgan fingerprint density at radius 2 is 1.86 bits per heavy atom. The number of carboxylic acids is 1. The van der Waals surface area contributed by atoms with Crippen molar-refractivity contribution in [3.05, 3.63) is 0 Å². The minimum absolute atomic E-state index is 0.0995. The Labute approximate surface area is 127 Å². The molecule has 1 aliphatic heterocycles. The largest absolute Gasteiger partial charge is 0.481 e. The summed E-state index contributed by atoms with van der Waals surface area (Å²) in [7, 11) is 0. The number of likely N-dealkylation sites (tertiary alicyclic amines) is 1. The second kappa shape index (κ2) is 6.67. The Morgan fingerprint density at radius 3 is 2.38 bits per heavy atom. The van der Waals surface area contributed by atoms with Crippen molar-refractivity contribution in [2.24, 2.45) is 17.3 Å². The lowest BCUT2D eigenvalue weighted by Gasteiger charge is -2.28. The molecule has 0 aromatic heterocycles. The molecular formula is C16H28N2O3. The van der Waals surface area contributed by atoms with Gasteiger partial charge in [-0.1, -0.05) is 26.2 Å². The van der Waals surface area contributed by atoms with E-state index in [9.17, 15) is 14.7 Å². The number of amides is 2. The SMILES string of the molecule is CCC1CCC(CNC(=O)N2CCC(C)(C(=O)O)C2)CC1. The molecule has 5 heteroatoms. The molecule has 0 spiro atoms. The average molecular weight is 296 g/mol. The minimum Gasteiger partial charge on any atom is -0.481 e. The fourth-order valence-corrected chi connectivity index (χ4v) is 3.50. The highest BCUT2D eigenvalue weighted by Gasteiger charge is 2.42. The molecule has 21 heavy (non-hydrogen) atoms. The van der Waals surface area contributed by atoms with Crippen molar-refractivity contribution >= 4 is 12.0 Å². The fraction of sp³-hybridized carbons (Fsp3) is 0.875. The van der Waals surface area contributed by atoms with Gasteiger partial charge in [-0.2, -0.15) is 0 Å². The number of carboxylic acid groups (broad SMARTS) is 1. The van der Waals surface area contributed by atoms with Crippen molar-refractivity contribution in [3.63, 3.8) is 0 Å². The van der Waals surface area contributed by atoms with Crippen LogP contribution in [-0.2, 0) is 4.79 Å². The zero-order valence-corrected chi connectivity index (χ0v) is 13.2. The normalized spacial score (nSPS) is 33.0. The second-order valence-electron chi connectivity index (χ2n) is 7.02. The van der Waals surface area contributed by atoms with Crippen LogP contribution in [0.1, 0.15) is 52.4 Å². The highest BCUT2D eigenvalue weighted by atomic mass is 16.4. The van der Waals surface area contributed by atoms with E-state index < -0.39 is 11.4 Å². The highest BCUT2D eigenvalue weighted by Crippen LogP contribution is 2.31. The maximum absolute atomic E-state index is 12.1. The van der Waals surface area contributed by atoms with Gasteiger partial charge in [0, 0.05) is 19.6 Å². The van der Waals surface area contributed by atoms with Crippen LogP contribution in [0.4, 0.5) is 4.79 Å². The molecule has 120 valence electrons. The number of nitrogens with zero attached hydrogens (tertiary/aromatic N) is 1. The summed E-state index contributed by atoms with van der Waals surface area (Å²) in [5, 5.41) is 12.2. The number of aliphatic carboxylic acids is 1. The van der Waals surface area contributed by atoms with Gasteiger partial charge < -0.3 is 15.3 Å². The van der Waals surface area contributed by atoms with Crippen molar-refractivity contribution in [3.8, 4) is 0 Å². The van der Waals surface area contributed by atoms with Crippen LogP contribution in [0, 0.1) is 17.3 Å². The molecule has 0 aromatic rings. The summed E-state index contributed by atoms with van der Waals surface area (Å²) < 4.78 is 0. The van der Waals surface area contributed by atoms with E-state index in [2.05, 4.69) is 12.2 Å². The Balaban J connectivity index is 1.72. The number of urea groups is 1. The smallest absolute Gasteiger partial charge is 0.317 e. The van der Waals surface area contributed by atoms with Gasteiger partial charge >= 0.3 is 12.0 Å². The predicted octanol–water partition coefficient (Wildman–Crippen LogP) is 2.71. The Hall–Kier alpha value is -1.26. The van der Waals surface area contributed by atoms with E-state index in [0.29, 0.717) is 25.4 Å². The number of hydrogen-bond acceptors (Lipinski definition) is 2. The van der Waals surface area contributed by atoms with E-state index in [1.54, 1.807) is 11.8 Å². The van der Waals surface area contributed by atoms with Gasteiger partial charge in [-0.15, -0.1) is 0 Å². The predicted molar refractivity (Wildman–Crippen MR) is 81.1 cm³/mol. The lowest BCUT2D eigenvalue weighted by molar-refractivity contribution is -0.146. The molecule has 2 aliphatic rings. The monoisotopic (exact) mass is 296 g/mol. The third-order valence-electron chi connectivity index (χ3n) is 5.36. The first-order chi connectivity index (χ1) is 9.94. The maximum Gasteiger partial charge on any atom is 0.317 e. The zero-order chi connectivity index (χ0) is 15.5. The van der Waals surface area contributed by atoms with Crippen LogP contribution in [0.3, 0.4) is 0 Å². The van der Waals surface area contributed by atoms with E-state index in [-0.39, 0.29) is 6.03 Å². The molecule has 2 rings (SSSR count). The summed E-state index contributed by atoms with van der Waals surface area (Å²) in [6.45, 7) is 5.55. The maximum atomic E-state index is 12.1. The van der Waals surface area contributed by atoms with Crippen LogP contribution in [0.15, 0.2) is 0 Å². The molecule has 1 saturated carbocycles. The van der Waals surface area contributed by atoms with Gasteiger partial charge in [-0.05, 0) is 38.0 Å². The lowest BCUT2D eigenvalue weighted by atomic mass is 9.81. The number of nitrogens with one attached hydrogen (secondary N) is 1. The molecular weight excluding hydrogens is 268 g/mol. The van der Waals surface area contributed by atoms with Gasteiger partial charge in [0.2, 0.25) is 0 Å². The van der Waals surface area contributed by atoms with Crippen LogP contribution in [0.5, 0.6) is 0 Å². The van der Waals surface area contributed by atoms with Crippen LogP contribution in [-0.4, -0.2) is 41.6 Å². The van der Waals surface area contributed by atoms with Crippen molar-refractivity contribution in [2.75, 3.05) is 19.6 Å². The van der Waals surface area contributed by atoms with Crippen molar-refractivity contribution in [1.82, 2.24) is 10.2 Å². The molecule has 1 atom stereocenters. The Kier molecular flexibility index (Phi) is 5.12. The van der Waals surface area contributed by atoms with Gasteiger partial charge in [0.1, 0.15) is 0 Å². The molecule has 0 radical (unpaired) electrons. The van der Waals surface area contributed by atoms with E-state index >= 15 is 0 Å². The van der Waals surface area contributed by atoms with Crippen LogP contribution >= 0.6 is 0 Å². The van der Waals surface area contributed by atoms with E-state index in [4.69, 9.17) is 0 Å². The molecule has 1 heterocycles. The first-order valence-corrected chi connectivity index (χ1v) is 8.21. The standard InChI is InChI=1S/C16H28N2O3/c1-3-12-4-6-13(7-5-12)10-17-15(21)18-9-8-16(2,11-18)14(19)20/h12-13H,3-11H2,1-2H3,(H,17,21)(H,19,20). The third kappa shape index (κ3) is 3.89. The molecule has 1 aliphatic carbocycles. The molecule has 5 nitrogen and oxygen atoms in total. The lowest BCUT2D eigenvalue weighted by Crippen LogP contribution is -2.42. The van der Waals surface area contributed by atoms with Gasteiger partial charge in [0.05, 0.1) is 5.41 Å². The topological polar surface area (TPSA) is 69.6 Å². The van der Waals surface area contributed by atoms with Crippen LogP contribution < -0.4 is 5.32 Å². The summed E-state index contributed by atoms with van der Waals surface area (Å²) in [4.78, 5) is 25.0. The van der Waals surface area contributed by atoms with E-state index in [0.717, 1.165) is 12.5 Å². The Morgan fingerprint density at radius 1 is 1.24 bits per heavy atom. The minimum atomic E-state index is -0.810. The average Bonchev–Trinajstić information content (AvgIpc) is 2.89. The van der Waals surface area contributed by atoms with Crippen molar-refractivity contribution in [2.45, 2.75) is 52.4 Å². The molecule has 1 unspecified atom stereocenters. The molecule has 0 aromatic carbocycles. The van der Waals surface area contributed by atoms with Crippen molar-refractivity contribution < 1.29 is 14.7 Å². The number of hydrogen-bond donors (Lipinski definition) is 2. The summed E-state index contributed by atoms with van der Waals surface area (Å²) in [5.41, 5.74) is -0.781. The van der Waals surface area contributed by atoms with Crippen molar-refractivity contribution in [1.29, 1.82) is 0 Å². The number of carbonyl (C=O) groups is 2. The van der Waals surface area contributed by atoms with Crippen LogP contribution in [0.2, 0.25) is 0 Å². The third-order valence-corrected chi connectivity index (χ3v) is 5.36. The Bertz CT molecular complexity index is 391.